The topological polar surface area (TPSA) is 25.8 Å². The Morgan fingerprint density at radius 2 is 1.61 bits per heavy atom. The van der Waals surface area contributed by atoms with E-state index in [0.717, 1.165) is 11.4 Å². The molecule has 0 saturated heterocycles. The van der Waals surface area contributed by atoms with Crippen molar-refractivity contribution in [3.05, 3.63) is 47.8 Å². The third-order valence-electron chi connectivity index (χ3n) is 3.13. The summed E-state index contributed by atoms with van der Waals surface area (Å²) in [6.45, 7) is 8.89. The molecule has 0 N–H and O–H groups in total. The molecule has 0 unspecified atom stereocenters. The van der Waals surface area contributed by atoms with Crippen molar-refractivity contribution in [1.82, 2.24) is 9.97 Å². The van der Waals surface area contributed by atoms with Gasteiger partial charge in [0.1, 0.15) is 0 Å². The van der Waals surface area contributed by atoms with Gasteiger partial charge in [0, 0.05) is 12.4 Å². The standard InChI is InChI=1S/C16H20N2/c1-11(2)13-8-10-18-16(15(13)12(3)4)14-7-5-6-9-17-14/h5-12H,1-4H3. The molecule has 2 aromatic heterocycles. The highest BCUT2D eigenvalue weighted by molar-refractivity contribution is 5.61. The minimum absolute atomic E-state index is 0.452. The third kappa shape index (κ3) is 2.42. The molecule has 0 radical (unpaired) electrons. The zero-order valence-corrected chi connectivity index (χ0v) is 11.5. The number of aromatic nitrogens is 2. The molecule has 0 aliphatic heterocycles. The second kappa shape index (κ2) is 5.30. The smallest absolute Gasteiger partial charge is 0.0923 e. The zero-order chi connectivity index (χ0) is 13.1. The van der Waals surface area contributed by atoms with Gasteiger partial charge in [0.15, 0.2) is 0 Å². The lowest BCUT2D eigenvalue weighted by Crippen LogP contribution is -2.04. The lowest BCUT2D eigenvalue weighted by atomic mass is 9.89. The summed E-state index contributed by atoms with van der Waals surface area (Å²) < 4.78 is 0. The van der Waals surface area contributed by atoms with E-state index in [2.05, 4.69) is 43.7 Å². The summed E-state index contributed by atoms with van der Waals surface area (Å²) in [5, 5.41) is 0. The van der Waals surface area contributed by atoms with Gasteiger partial charge in [-0.15, -0.1) is 0 Å². The molecule has 18 heavy (non-hydrogen) atoms. The van der Waals surface area contributed by atoms with Crippen LogP contribution in [0, 0.1) is 0 Å². The first-order valence-electron chi connectivity index (χ1n) is 6.51. The van der Waals surface area contributed by atoms with Crippen LogP contribution in [0.25, 0.3) is 11.4 Å². The molecule has 0 aliphatic rings. The van der Waals surface area contributed by atoms with Crippen molar-refractivity contribution in [3.63, 3.8) is 0 Å². The van der Waals surface area contributed by atoms with Crippen LogP contribution in [0.1, 0.15) is 50.7 Å². The summed E-state index contributed by atoms with van der Waals surface area (Å²) in [5.74, 6) is 0.959. The van der Waals surface area contributed by atoms with Gasteiger partial charge in [-0.05, 0) is 41.2 Å². The summed E-state index contributed by atoms with van der Waals surface area (Å²) >= 11 is 0. The normalized spacial score (nSPS) is 11.2. The largest absolute Gasteiger partial charge is 0.255 e. The SMILES string of the molecule is CC(C)c1ccnc(-c2ccccn2)c1C(C)C. The Bertz CT molecular complexity index is 516. The molecule has 0 aliphatic carbocycles. The van der Waals surface area contributed by atoms with Crippen molar-refractivity contribution in [2.24, 2.45) is 0 Å². The molecular formula is C16H20N2. The molecule has 0 saturated carbocycles. The number of hydrogen-bond acceptors (Lipinski definition) is 2. The van der Waals surface area contributed by atoms with E-state index in [-0.39, 0.29) is 0 Å². The second-order valence-corrected chi connectivity index (χ2v) is 5.19. The van der Waals surface area contributed by atoms with Crippen LogP contribution in [-0.4, -0.2) is 9.97 Å². The van der Waals surface area contributed by atoms with Crippen LogP contribution in [0.5, 0.6) is 0 Å². The minimum Gasteiger partial charge on any atom is -0.255 e. The quantitative estimate of drug-likeness (QED) is 0.795. The predicted molar refractivity (Wildman–Crippen MR) is 75.6 cm³/mol. The maximum absolute atomic E-state index is 4.55. The Labute approximate surface area is 109 Å². The molecular weight excluding hydrogens is 220 g/mol. The van der Waals surface area contributed by atoms with Crippen molar-refractivity contribution >= 4 is 0 Å². The molecule has 2 nitrogen and oxygen atoms in total. The van der Waals surface area contributed by atoms with Gasteiger partial charge in [-0.3, -0.25) is 9.97 Å². The first kappa shape index (κ1) is 12.7. The van der Waals surface area contributed by atoms with Crippen molar-refractivity contribution < 1.29 is 0 Å². The van der Waals surface area contributed by atoms with E-state index in [1.807, 2.05) is 30.6 Å². The summed E-state index contributed by atoms with van der Waals surface area (Å²) in [5.41, 5.74) is 4.69. The van der Waals surface area contributed by atoms with Crippen molar-refractivity contribution in [2.75, 3.05) is 0 Å². The molecule has 2 heterocycles. The van der Waals surface area contributed by atoms with Crippen LogP contribution in [-0.2, 0) is 0 Å². The minimum atomic E-state index is 0.452. The van der Waals surface area contributed by atoms with Gasteiger partial charge in [0.05, 0.1) is 11.4 Å². The molecule has 0 spiro atoms. The fourth-order valence-electron chi connectivity index (χ4n) is 2.31. The van der Waals surface area contributed by atoms with Crippen LogP contribution < -0.4 is 0 Å². The average molecular weight is 240 g/mol. The Kier molecular flexibility index (Phi) is 3.75. The molecule has 2 rings (SSSR count). The molecule has 0 aromatic carbocycles. The highest BCUT2D eigenvalue weighted by Crippen LogP contribution is 2.32. The van der Waals surface area contributed by atoms with Gasteiger partial charge in [-0.2, -0.15) is 0 Å². The number of hydrogen-bond donors (Lipinski definition) is 0. The predicted octanol–water partition coefficient (Wildman–Crippen LogP) is 4.39. The van der Waals surface area contributed by atoms with Crippen molar-refractivity contribution in [1.29, 1.82) is 0 Å². The fourth-order valence-corrected chi connectivity index (χ4v) is 2.31. The third-order valence-corrected chi connectivity index (χ3v) is 3.13. The highest BCUT2D eigenvalue weighted by Gasteiger charge is 2.16. The van der Waals surface area contributed by atoms with Gasteiger partial charge < -0.3 is 0 Å². The maximum Gasteiger partial charge on any atom is 0.0923 e. The zero-order valence-electron chi connectivity index (χ0n) is 11.5. The van der Waals surface area contributed by atoms with Gasteiger partial charge in [-0.25, -0.2) is 0 Å². The Balaban J connectivity index is 2.64. The monoisotopic (exact) mass is 240 g/mol. The summed E-state index contributed by atoms with van der Waals surface area (Å²) in [4.78, 5) is 8.98. The Hall–Kier alpha value is -1.70. The molecule has 2 heteroatoms. The number of rotatable bonds is 3. The van der Waals surface area contributed by atoms with Gasteiger partial charge >= 0.3 is 0 Å². The Morgan fingerprint density at radius 1 is 0.833 bits per heavy atom. The molecule has 2 aromatic rings. The van der Waals surface area contributed by atoms with Crippen molar-refractivity contribution in [2.45, 2.75) is 39.5 Å². The second-order valence-electron chi connectivity index (χ2n) is 5.19. The first-order valence-corrected chi connectivity index (χ1v) is 6.51. The van der Waals surface area contributed by atoms with E-state index >= 15 is 0 Å². The van der Waals surface area contributed by atoms with Crippen LogP contribution in [0.4, 0.5) is 0 Å². The summed E-state index contributed by atoms with van der Waals surface area (Å²) in [6.07, 6.45) is 3.72. The van der Waals surface area contributed by atoms with Crippen LogP contribution >= 0.6 is 0 Å². The van der Waals surface area contributed by atoms with Gasteiger partial charge in [-0.1, -0.05) is 33.8 Å². The Morgan fingerprint density at radius 3 is 2.17 bits per heavy atom. The lowest BCUT2D eigenvalue weighted by molar-refractivity contribution is 0.784. The van der Waals surface area contributed by atoms with E-state index in [9.17, 15) is 0 Å². The molecule has 0 atom stereocenters. The van der Waals surface area contributed by atoms with Crippen LogP contribution in [0.3, 0.4) is 0 Å². The van der Waals surface area contributed by atoms with E-state index in [0.29, 0.717) is 11.8 Å². The van der Waals surface area contributed by atoms with E-state index in [1.54, 1.807) is 0 Å². The van der Waals surface area contributed by atoms with Gasteiger partial charge in [0.25, 0.3) is 0 Å². The number of pyridine rings is 2. The average Bonchev–Trinajstić information content (AvgIpc) is 2.38. The van der Waals surface area contributed by atoms with E-state index < -0.39 is 0 Å². The molecule has 0 amide bonds. The number of nitrogens with zero attached hydrogens (tertiary/aromatic N) is 2. The summed E-state index contributed by atoms with van der Waals surface area (Å²) in [7, 11) is 0. The molecule has 94 valence electrons. The maximum atomic E-state index is 4.55. The molecule has 0 fully saturated rings. The van der Waals surface area contributed by atoms with E-state index in [4.69, 9.17) is 0 Å². The fraction of sp³-hybridized carbons (Fsp3) is 0.375. The van der Waals surface area contributed by atoms with Gasteiger partial charge in [0.2, 0.25) is 0 Å². The van der Waals surface area contributed by atoms with E-state index in [1.165, 1.54) is 11.1 Å². The highest BCUT2D eigenvalue weighted by atomic mass is 14.8. The van der Waals surface area contributed by atoms with Crippen LogP contribution in [0.2, 0.25) is 0 Å². The van der Waals surface area contributed by atoms with Crippen molar-refractivity contribution in [3.8, 4) is 11.4 Å². The lowest BCUT2D eigenvalue weighted by Gasteiger charge is -2.18. The van der Waals surface area contributed by atoms with Crippen LogP contribution in [0.15, 0.2) is 36.7 Å². The first-order chi connectivity index (χ1) is 8.61. The molecule has 0 bridgehead atoms. The summed E-state index contributed by atoms with van der Waals surface area (Å²) in [6, 6.07) is 8.10.